The molecule has 1 rings (SSSR count). The number of methoxy groups -OCH3 is 1. The number of hydrogen-bond acceptors (Lipinski definition) is 5. The van der Waals surface area contributed by atoms with Gasteiger partial charge >= 0.3 is 0 Å². The summed E-state index contributed by atoms with van der Waals surface area (Å²) in [4.78, 5) is 8.49. The van der Waals surface area contributed by atoms with Crippen molar-refractivity contribution >= 4 is 5.96 Å². The number of rotatable bonds is 6. The largest absolute Gasteiger partial charge is 0.377 e. The molecule has 0 atom stereocenters. The number of nitrogens with one attached hydrogen (secondary N) is 2. The summed E-state index contributed by atoms with van der Waals surface area (Å²) in [5.74, 6) is 1.82. The smallest absolute Gasteiger partial charge is 0.223 e. The molecule has 0 unspecified atom stereocenters. The molecule has 0 aromatic carbocycles. The van der Waals surface area contributed by atoms with E-state index in [1.807, 2.05) is 20.8 Å². The van der Waals surface area contributed by atoms with Gasteiger partial charge in [-0.15, -0.1) is 0 Å². The first-order valence-electron chi connectivity index (χ1n) is 6.33. The van der Waals surface area contributed by atoms with E-state index in [-0.39, 0.29) is 5.60 Å². The van der Waals surface area contributed by atoms with Gasteiger partial charge in [0.25, 0.3) is 0 Å². The molecule has 7 heteroatoms. The minimum Gasteiger partial charge on any atom is -0.377 e. The SMILES string of the molecule is CCNC(=NCc1noc(C)n1)NCC(C)(C)OC. The van der Waals surface area contributed by atoms with Crippen molar-refractivity contribution in [2.24, 2.45) is 4.99 Å². The number of ether oxygens (including phenoxy) is 1. The summed E-state index contributed by atoms with van der Waals surface area (Å²) in [5.41, 5.74) is -0.251. The van der Waals surface area contributed by atoms with Gasteiger partial charge in [-0.2, -0.15) is 4.98 Å². The second-order valence-electron chi connectivity index (χ2n) is 4.74. The second kappa shape index (κ2) is 7.08. The fourth-order valence-electron chi connectivity index (χ4n) is 1.27. The average Bonchev–Trinajstić information content (AvgIpc) is 2.79. The standard InChI is InChI=1S/C12H23N5O2/c1-6-13-11(15-8-12(3,4)18-5)14-7-10-16-9(2)19-17-10/h6-8H2,1-5H3,(H2,13,14,15). The monoisotopic (exact) mass is 269 g/mol. The lowest BCUT2D eigenvalue weighted by Gasteiger charge is -2.24. The van der Waals surface area contributed by atoms with Crippen LogP contribution in [0, 0.1) is 6.92 Å². The van der Waals surface area contributed by atoms with Gasteiger partial charge in [0.05, 0.1) is 5.60 Å². The number of guanidine groups is 1. The van der Waals surface area contributed by atoms with Gasteiger partial charge in [-0.05, 0) is 20.8 Å². The molecular weight excluding hydrogens is 246 g/mol. The van der Waals surface area contributed by atoms with Crippen LogP contribution in [-0.4, -0.2) is 41.9 Å². The highest BCUT2D eigenvalue weighted by molar-refractivity contribution is 5.79. The Bertz CT molecular complexity index is 414. The van der Waals surface area contributed by atoms with Crippen LogP contribution in [0.25, 0.3) is 0 Å². The lowest BCUT2D eigenvalue weighted by atomic mass is 10.1. The van der Waals surface area contributed by atoms with Gasteiger partial charge in [-0.1, -0.05) is 5.16 Å². The van der Waals surface area contributed by atoms with Crippen LogP contribution in [0.1, 0.15) is 32.5 Å². The van der Waals surface area contributed by atoms with Crippen molar-refractivity contribution < 1.29 is 9.26 Å². The molecule has 2 N–H and O–H groups in total. The van der Waals surface area contributed by atoms with Crippen LogP contribution in [0.5, 0.6) is 0 Å². The maximum absolute atomic E-state index is 5.35. The topological polar surface area (TPSA) is 84.6 Å². The number of nitrogens with zero attached hydrogens (tertiary/aromatic N) is 3. The molecule has 0 fully saturated rings. The Kier molecular flexibility index (Phi) is 5.75. The minimum atomic E-state index is -0.251. The average molecular weight is 269 g/mol. The summed E-state index contributed by atoms with van der Waals surface area (Å²) in [6, 6.07) is 0. The van der Waals surface area contributed by atoms with E-state index >= 15 is 0 Å². The van der Waals surface area contributed by atoms with E-state index in [1.54, 1.807) is 14.0 Å². The van der Waals surface area contributed by atoms with Crippen LogP contribution in [0.15, 0.2) is 9.52 Å². The zero-order valence-corrected chi connectivity index (χ0v) is 12.3. The van der Waals surface area contributed by atoms with Crippen molar-refractivity contribution in [1.82, 2.24) is 20.8 Å². The van der Waals surface area contributed by atoms with Gasteiger partial charge in [-0.3, -0.25) is 0 Å². The Morgan fingerprint density at radius 2 is 2.16 bits per heavy atom. The fraction of sp³-hybridized carbons (Fsp3) is 0.750. The predicted octanol–water partition coefficient (Wildman–Crippen LogP) is 0.858. The van der Waals surface area contributed by atoms with Crippen LogP contribution < -0.4 is 10.6 Å². The maximum atomic E-state index is 5.35. The predicted molar refractivity (Wildman–Crippen MR) is 72.9 cm³/mol. The summed E-state index contributed by atoms with van der Waals surface area (Å²) in [7, 11) is 1.69. The molecule has 19 heavy (non-hydrogen) atoms. The Hall–Kier alpha value is -1.63. The highest BCUT2D eigenvalue weighted by Gasteiger charge is 2.16. The van der Waals surface area contributed by atoms with E-state index in [0.29, 0.717) is 30.8 Å². The molecule has 1 heterocycles. The van der Waals surface area contributed by atoms with E-state index in [2.05, 4.69) is 25.8 Å². The molecule has 0 amide bonds. The van der Waals surface area contributed by atoms with Gasteiger partial charge in [0.1, 0.15) is 6.54 Å². The maximum Gasteiger partial charge on any atom is 0.223 e. The van der Waals surface area contributed by atoms with Crippen molar-refractivity contribution in [3.8, 4) is 0 Å². The first-order valence-corrected chi connectivity index (χ1v) is 6.33. The van der Waals surface area contributed by atoms with Gasteiger partial charge in [0.15, 0.2) is 11.8 Å². The van der Waals surface area contributed by atoms with Crippen LogP contribution in [0.4, 0.5) is 0 Å². The Labute approximate surface area is 113 Å². The van der Waals surface area contributed by atoms with E-state index < -0.39 is 0 Å². The highest BCUT2D eigenvalue weighted by Crippen LogP contribution is 2.04. The van der Waals surface area contributed by atoms with Gasteiger partial charge < -0.3 is 19.9 Å². The number of aromatic nitrogens is 2. The zero-order chi connectivity index (χ0) is 14.3. The van der Waals surface area contributed by atoms with Crippen LogP contribution >= 0.6 is 0 Å². The van der Waals surface area contributed by atoms with Crippen LogP contribution in [-0.2, 0) is 11.3 Å². The molecule has 1 aromatic heterocycles. The molecular formula is C12H23N5O2. The van der Waals surface area contributed by atoms with E-state index in [4.69, 9.17) is 9.26 Å². The lowest BCUT2D eigenvalue weighted by molar-refractivity contribution is 0.0268. The number of hydrogen-bond donors (Lipinski definition) is 2. The molecule has 0 saturated heterocycles. The summed E-state index contributed by atoms with van der Waals surface area (Å²) in [6.45, 7) is 9.59. The first-order chi connectivity index (χ1) is 8.96. The van der Waals surface area contributed by atoms with Crippen molar-refractivity contribution in [1.29, 1.82) is 0 Å². The third-order valence-electron chi connectivity index (χ3n) is 2.53. The van der Waals surface area contributed by atoms with Gasteiger partial charge in [-0.25, -0.2) is 4.99 Å². The molecule has 0 saturated carbocycles. The third kappa shape index (κ3) is 5.69. The quantitative estimate of drug-likeness (QED) is 0.588. The molecule has 0 aliphatic carbocycles. The Balaban J connectivity index is 2.56. The zero-order valence-electron chi connectivity index (χ0n) is 12.3. The van der Waals surface area contributed by atoms with Gasteiger partial charge in [0.2, 0.25) is 5.89 Å². The molecule has 0 aliphatic heterocycles. The van der Waals surface area contributed by atoms with Crippen LogP contribution in [0.2, 0.25) is 0 Å². The molecule has 0 radical (unpaired) electrons. The Morgan fingerprint density at radius 3 is 2.68 bits per heavy atom. The lowest BCUT2D eigenvalue weighted by Crippen LogP contribution is -2.45. The summed E-state index contributed by atoms with van der Waals surface area (Å²) >= 11 is 0. The second-order valence-corrected chi connectivity index (χ2v) is 4.74. The molecule has 1 aromatic rings. The summed E-state index contributed by atoms with van der Waals surface area (Å²) in [5, 5.41) is 10.2. The molecule has 0 aliphatic rings. The van der Waals surface area contributed by atoms with Crippen molar-refractivity contribution in [2.45, 2.75) is 39.8 Å². The van der Waals surface area contributed by atoms with E-state index in [1.165, 1.54) is 0 Å². The molecule has 7 nitrogen and oxygen atoms in total. The summed E-state index contributed by atoms with van der Waals surface area (Å²) < 4.78 is 10.2. The highest BCUT2D eigenvalue weighted by atomic mass is 16.5. The van der Waals surface area contributed by atoms with E-state index in [0.717, 1.165) is 6.54 Å². The first kappa shape index (κ1) is 15.4. The molecule has 108 valence electrons. The van der Waals surface area contributed by atoms with Crippen LogP contribution in [0.3, 0.4) is 0 Å². The van der Waals surface area contributed by atoms with E-state index in [9.17, 15) is 0 Å². The Morgan fingerprint density at radius 1 is 1.42 bits per heavy atom. The number of aliphatic imine (C=N–C) groups is 1. The van der Waals surface area contributed by atoms with Crippen molar-refractivity contribution in [3.63, 3.8) is 0 Å². The fourth-order valence-corrected chi connectivity index (χ4v) is 1.27. The van der Waals surface area contributed by atoms with Gasteiger partial charge in [0, 0.05) is 27.1 Å². The molecule has 0 spiro atoms. The van der Waals surface area contributed by atoms with Crippen molar-refractivity contribution in [3.05, 3.63) is 11.7 Å². The third-order valence-corrected chi connectivity index (χ3v) is 2.53. The summed E-state index contributed by atoms with van der Waals surface area (Å²) in [6.07, 6.45) is 0. The minimum absolute atomic E-state index is 0.251. The normalized spacial score (nSPS) is 12.6. The number of aryl methyl sites for hydroxylation is 1. The van der Waals surface area contributed by atoms with Crippen molar-refractivity contribution in [2.75, 3.05) is 20.2 Å². The molecule has 0 bridgehead atoms.